The molecule has 0 aromatic heterocycles. The molecular formula is C12H15NO. The Morgan fingerprint density at radius 2 is 2.14 bits per heavy atom. The third-order valence-electron chi connectivity index (χ3n) is 3.85. The Bertz CT molecular complexity index is 333. The fourth-order valence-corrected chi connectivity index (χ4v) is 2.87. The van der Waals surface area contributed by atoms with Crippen molar-refractivity contribution in [2.24, 2.45) is 11.3 Å². The summed E-state index contributed by atoms with van der Waals surface area (Å²) in [6.07, 6.45) is 1.19. The van der Waals surface area contributed by atoms with E-state index in [1.807, 2.05) is 6.07 Å². The molecule has 2 heteroatoms. The fourth-order valence-electron chi connectivity index (χ4n) is 2.87. The molecule has 2 aliphatic rings. The average molecular weight is 189 g/mol. The highest BCUT2D eigenvalue weighted by molar-refractivity contribution is 5.28. The van der Waals surface area contributed by atoms with E-state index in [-0.39, 0.29) is 5.41 Å². The molecule has 2 nitrogen and oxygen atoms in total. The first-order valence-corrected chi connectivity index (χ1v) is 5.26. The Kier molecular flexibility index (Phi) is 1.70. The highest BCUT2D eigenvalue weighted by atomic mass is 16.3. The summed E-state index contributed by atoms with van der Waals surface area (Å²) >= 11 is 0. The van der Waals surface area contributed by atoms with Gasteiger partial charge >= 0.3 is 0 Å². The van der Waals surface area contributed by atoms with Crippen LogP contribution in [0, 0.1) is 11.3 Å². The maximum Gasteiger partial charge on any atom is 0.0508 e. The second-order valence-electron chi connectivity index (χ2n) is 4.54. The van der Waals surface area contributed by atoms with Crippen molar-refractivity contribution in [3.8, 4) is 0 Å². The molecule has 1 aliphatic heterocycles. The fraction of sp³-hybridized carbons (Fsp3) is 0.500. The Balaban J connectivity index is 1.93. The van der Waals surface area contributed by atoms with Gasteiger partial charge in [-0.2, -0.15) is 0 Å². The van der Waals surface area contributed by atoms with Crippen molar-refractivity contribution < 1.29 is 5.11 Å². The molecule has 74 valence electrons. The number of benzene rings is 1. The number of hydrogen-bond acceptors (Lipinski definition) is 2. The van der Waals surface area contributed by atoms with Crippen molar-refractivity contribution in [3.63, 3.8) is 0 Å². The normalized spacial score (nSPS) is 39.5. The summed E-state index contributed by atoms with van der Waals surface area (Å²) in [5.74, 6) is 0.706. The summed E-state index contributed by atoms with van der Waals surface area (Å²) in [6, 6.07) is 10.8. The number of aliphatic hydroxyl groups is 1. The standard InChI is InChI=1S/C12H15NO/c14-8-12-6-10(12)7-13-11(12)9-4-2-1-3-5-9/h1-5,10-11,13-14H,6-8H2/t10?,11-,12+/m1/s1. The van der Waals surface area contributed by atoms with Crippen LogP contribution >= 0.6 is 0 Å². The highest BCUT2D eigenvalue weighted by Crippen LogP contribution is 2.63. The molecule has 0 radical (unpaired) electrons. The van der Waals surface area contributed by atoms with Crippen LogP contribution in [0.2, 0.25) is 0 Å². The number of nitrogens with one attached hydrogen (secondary N) is 1. The van der Waals surface area contributed by atoms with Crippen LogP contribution in [0.3, 0.4) is 0 Å². The largest absolute Gasteiger partial charge is 0.396 e. The van der Waals surface area contributed by atoms with Crippen molar-refractivity contribution in [3.05, 3.63) is 35.9 Å². The second-order valence-corrected chi connectivity index (χ2v) is 4.54. The molecule has 0 spiro atoms. The summed E-state index contributed by atoms with van der Waals surface area (Å²) in [4.78, 5) is 0. The minimum Gasteiger partial charge on any atom is -0.396 e. The third-order valence-corrected chi connectivity index (χ3v) is 3.85. The number of aliphatic hydroxyl groups excluding tert-OH is 1. The lowest BCUT2D eigenvalue weighted by atomic mass is 9.91. The van der Waals surface area contributed by atoms with Crippen LogP contribution in [0.15, 0.2) is 30.3 Å². The first-order chi connectivity index (χ1) is 6.87. The molecule has 2 N–H and O–H groups in total. The predicted octanol–water partition coefficient (Wildman–Crippen LogP) is 1.33. The molecule has 3 rings (SSSR count). The van der Waals surface area contributed by atoms with E-state index in [1.54, 1.807) is 0 Å². The van der Waals surface area contributed by atoms with Crippen molar-refractivity contribution in [1.29, 1.82) is 0 Å². The van der Waals surface area contributed by atoms with Gasteiger partial charge in [-0.15, -0.1) is 0 Å². The zero-order valence-corrected chi connectivity index (χ0v) is 8.11. The van der Waals surface area contributed by atoms with Crippen LogP contribution in [0.1, 0.15) is 18.0 Å². The molecule has 0 bridgehead atoms. The molecule has 1 unspecified atom stereocenters. The summed E-state index contributed by atoms with van der Waals surface area (Å²) in [6.45, 7) is 1.39. The van der Waals surface area contributed by atoms with E-state index >= 15 is 0 Å². The van der Waals surface area contributed by atoms with Crippen LogP contribution in [0.25, 0.3) is 0 Å². The van der Waals surface area contributed by atoms with Crippen molar-refractivity contribution in [2.75, 3.05) is 13.2 Å². The van der Waals surface area contributed by atoms with Crippen molar-refractivity contribution in [1.82, 2.24) is 5.32 Å². The van der Waals surface area contributed by atoms with E-state index in [9.17, 15) is 5.11 Å². The van der Waals surface area contributed by atoms with Gasteiger partial charge in [0.1, 0.15) is 0 Å². The zero-order chi connectivity index (χ0) is 9.60. The average Bonchev–Trinajstić information content (AvgIpc) is 2.87. The lowest BCUT2D eigenvalue weighted by Crippen LogP contribution is -2.25. The molecule has 14 heavy (non-hydrogen) atoms. The third kappa shape index (κ3) is 0.983. The molecule has 1 aromatic carbocycles. The van der Waals surface area contributed by atoms with E-state index in [4.69, 9.17) is 0 Å². The van der Waals surface area contributed by atoms with Gasteiger partial charge < -0.3 is 10.4 Å². The quantitative estimate of drug-likeness (QED) is 0.735. The molecule has 1 saturated heterocycles. The lowest BCUT2D eigenvalue weighted by Gasteiger charge is -2.21. The maximum atomic E-state index is 9.46. The second kappa shape index (κ2) is 2.81. The van der Waals surface area contributed by atoms with Gasteiger partial charge in [0.25, 0.3) is 0 Å². The highest BCUT2D eigenvalue weighted by Gasteiger charge is 2.62. The summed E-state index contributed by atoms with van der Waals surface area (Å²) in [7, 11) is 0. The minimum atomic E-state index is 0.168. The number of piperidine rings is 1. The number of hydrogen-bond donors (Lipinski definition) is 2. The van der Waals surface area contributed by atoms with Crippen LogP contribution < -0.4 is 5.32 Å². The molecule has 0 amide bonds. The van der Waals surface area contributed by atoms with Gasteiger partial charge in [-0.1, -0.05) is 30.3 Å². The maximum absolute atomic E-state index is 9.46. The van der Waals surface area contributed by atoms with Gasteiger partial charge in [0.2, 0.25) is 0 Å². The predicted molar refractivity (Wildman–Crippen MR) is 54.8 cm³/mol. The SMILES string of the molecule is OC[C@@]12CC1CN[C@@H]2c1ccccc1. The Morgan fingerprint density at radius 1 is 1.36 bits per heavy atom. The molecule has 1 aliphatic carbocycles. The van der Waals surface area contributed by atoms with Crippen molar-refractivity contribution >= 4 is 0 Å². The van der Waals surface area contributed by atoms with Crippen LogP contribution in [-0.2, 0) is 0 Å². The van der Waals surface area contributed by atoms with E-state index < -0.39 is 0 Å². The topological polar surface area (TPSA) is 32.3 Å². The van der Waals surface area contributed by atoms with Gasteiger partial charge in [-0.25, -0.2) is 0 Å². The number of rotatable bonds is 2. The van der Waals surface area contributed by atoms with E-state index in [1.165, 1.54) is 12.0 Å². The smallest absolute Gasteiger partial charge is 0.0508 e. The number of fused-ring (bicyclic) bond motifs is 1. The van der Waals surface area contributed by atoms with E-state index in [0.29, 0.717) is 18.6 Å². The van der Waals surface area contributed by atoms with Gasteiger partial charge in [-0.05, 0) is 24.4 Å². The van der Waals surface area contributed by atoms with E-state index in [2.05, 4.69) is 29.6 Å². The summed E-state index contributed by atoms with van der Waals surface area (Å²) < 4.78 is 0. The Morgan fingerprint density at radius 3 is 2.79 bits per heavy atom. The Hall–Kier alpha value is -0.860. The first kappa shape index (κ1) is 8.45. The summed E-state index contributed by atoms with van der Waals surface area (Å²) in [5.41, 5.74) is 1.49. The molecule has 1 saturated carbocycles. The molecular weight excluding hydrogens is 174 g/mol. The molecule has 2 fully saturated rings. The van der Waals surface area contributed by atoms with Gasteiger partial charge in [0.15, 0.2) is 0 Å². The molecule has 3 atom stereocenters. The van der Waals surface area contributed by atoms with Gasteiger partial charge in [-0.3, -0.25) is 0 Å². The summed E-state index contributed by atoms with van der Waals surface area (Å²) in [5, 5.41) is 13.0. The minimum absolute atomic E-state index is 0.168. The van der Waals surface area contributed by atoms with Gasteiger partial charge in [0.05, 0.1) is 6.61 Å². The molecule has 1 heterocycles. The molecule has 1 aromatic rings. The van der Waals surface area contributed by atoms with Crippen LogP contribution in [0.5, 0.6) is 0 Å². The monoisotopic (exact) mass is 189 g/mol. The lowest BCUT2D eigenvalue weighted by molar-refractivity contribution is 0.185. The van der Waals surface area contributed by atoms with Gasteiger partial charge in [0, 0.05) is 11.5 Å². The van der Waals surface area contributed by atoms with Crippen molar-refractivity contribution in [2.45, 2.75) is 12.5 Å². The van der Waals surface area contributed by atoms with Crippen LogP contribution in [-0.4, -0.2) is 18.3 Å². The van der Waals surface area contributed by atoms with Crippen LogP contribution in [0.4, 0.5) is 0 Å². The Labute approximate surface area is 84.0 Å². The van der Waals surface area contributed by atoms with E-state index in [0.717, 1.165) is 6.54 Å². The first-order valence-electron chi connectivity index (χ1n) is 5.26. The zero-order valence-electron chi connectivity index (χ0n) is 8.11.